The van der Waals surface area contributed by atoms with E-state index in [-0.39, 0.29) is 6.61 Å². The van der Waals surface area contributed by atoms with Crippen LogP contribution in [0, 0.1) is 11.3 Å². The Hall–Kier alpha value is -0.610. The quantitative estimate of drug-likeness (QED) is 0.776. The van der Waals surface area contributed by atoms with Crippen LogP contribution in [0.1, 0.15) is 38.5 Å². The molecule has 4 nitrogen and oxygen atoms in total. The number of hydrogen-bond donors (Lipinski definition) is 2. The number of β-amino-alcohol motifs (C(OH)–C–C–N with tert-alkyl or cyclic N) is 1. The van der Waals surface area contributed by atoms with Gasteiger partial charge < -0.3 is 15.3 Å². The van der Waals surface area contributed by atoms with Crippen molar-refractivity contribution in [3.05, 3.63) is 0 Å². The fourth-order valence-corrected chi connectivity index (χ4v) is 3.65. The average molecular weight is 252 g/mol. The largest absolute Gasteiger partial charge is 0.395 e. The fourth-order valence-electron chi connectivity index (χ4n) is 3.65. The summed E-state index contributed by atoms with van der Waals surface area (Å²) in [6.07, 6.45) is 7.09. The molecule has 2 N–H and O–H groups in total. The minimum Gasteiger partial charge on any atom is -0.395 e. The minimum absolute atomic E-state index is 0.238. The van der Waals surface area contributed by atoms with E-state index in [0.29, 0.717) is 23.3 Å². The van der Waals surface area contributed by atoms with Gasteiger partial charge in [0.05, 0.1) is 6.61 Å². The number of aliphatic hydroxyl groups is 1. The van der Waals surface area contributed by atoms with Crippen LogP contribution in [-0.2, 0) is 4.79 Å². The van der Waals surface area contributed by atoms with Crippen molar-refractivity contribution in [2.45, 2.75) is 44.6 Å². The molecule has 4 heteroatoms. The van der Waals surface area contributed by atoms with Crippen molar-refractivity contribution >= 4 is 5.91 Å². The number of carbonyl (C=O) groups excluding carboxylic acids is 1. The molecule has 2 saturated carbocycles. The highest BCUT2D eigenvalue weighted by Crippen LogP contribution is 2.65. The van der Waals surface area contributed by atoms with E-state index in [1.165, 1.54) is 19.3 Å². The Balaban J connectivity index is 1.40. The molecule has 1 unspecified atom stereocenters. The SMILES string of the molecule is O=C(NC1CCN(CCO)CC1)C1CC12CCC2. The Morgan fingerprint density at radius 1 is 1.33 bits per heavy atom. The zero-order valence-electron chi connectivity index (χ0n) is 11.0. The molecular weight excluding hydrogens is 228 g/mol. The molecule has 2 aliphatic carbocycles. The standard InChI is InChI=1S/C14H24N2O2/c17-9-8-16-6-2-11(3-7-16)15-13(18)12-10-14(12)4-1-5-14/h11-12,17H,1-10H2,(H,15,18). The minimum atomic E-state index is 0.238. The lowest BCUT2D eigenvalue weighted by atomic mass is 9.79. The van der Waals surface area contributed by atoms with Crippen molar-refractivity contribution in [2.24, 2.45) is 11.3 Å². The zero-order valence-corrected chi connectivity index (χ0v) is 11.0. The summed E-state index contributed by atoms with van der Waals surface area (Å²) in [6.45, 7) is 3.01. The van der Waals surface area contributed by atoms with Crippen LogP contribution >= 0.6 is 0 Å². The van der Waals surface area contributed by atoms with Gasteiger partial charge in [0.25, 0.3) is 0 Å². The summed E-state index contributed by atoms with van der Waals surface area (Å²) >= 11 is 0. The highest BCUT2D eigenvalue weighted by Gasteiger charge is 2.60. The topological polar surface area (TPSA) is 52.6 Å². The maximum absolute atomic E-state index is 12.1. The van der Waals surface area contributed by atoms with Crippen LogP contribution in [-0.4, -0.2) is 48.2 Å². The summed E-state index contributed by atoms with van der Waals surface area (Å²) in [4.78, 5) is 14.4. The van der Waals surface area contributed by atoms with E-state index in [2.05, 4.69) is 10.2 Å². The summed E-state index contributed by atoms with van der Waals surface area (Å²) in [7, 11) is 0. The van der Waals surface area contributed by atoms with Gasteiger partial charge in [0.2, 0.25) is 5.91 Å². The molecule has 1 heterocycles. The number of hydrogen-bond acceptors (Lipinski definition) is 3. The Kier molecular flexibility index (Phi) is 3.32. The normalized spacial score (nSPS) is 31.1. The smallest absolute Gasteiger partial charge is 0.223 e. The van der Waals surface area contributed by atoms with Crippen molar-refractivity contribution in [3.63, 3.8) is 0 Å². The molecule has 1 saturated heterocycles. The van der Waals surface area contributed by atoms with Crippen molar-refractivity contribution in [1.29, 1.82) is 0 Å². The number of amides is 1. The molecule has 0 bridgehead atoms. The van der Waals surface area contributed by atoms with E-state index in [0.717, 1.165) is 38.9 Å². The molecule has 1 amide bonds. The summed E-state index contributed by atoms with van der Waals surface area (Å²) in [5, 5.41) is 12.1. The van der Waals surface area contributed by atoms with Crippen molar-refractivity contribution in [2.75, 3.05) is 26.2 Å². The van der Waals surface area contributed by atoms with Gasteiger partial charge in [-0.05, 0) is 37.5 Å². The van der Waals surface area contributed by atoms with Crippen LogP contribution in [0.25, 0.3) is 0 Å². The van der Waals surface area contributed by atoms with Gasteiger partial charge in [0.1, 0.15) is 0 Å². The van der Waals surface area contributed by atoms with Crippen molar-refractivity contribution in [1.82, 2.24) is 10.2 Å². The highest BCUT2D eigenvalue weighted by atomic mass is 16.3. The first-order chi connectivity index (χ1) is 8.73. The van der Waals surface area contributed by atoms with E-state index >= 15 is 0 Å². The zero-order chi connectivity index (χ0) is 12.6. The second-order valence-electron chi connectivity index (χ2n) is 6.32. The molecular formula is C14H24N2O2. The lowest BCUT2D eigenvalue weighted by molar-refractivity contribution is -0.124. The van der Waals surface area contributed by atoms with Gasteiger partial charge in [-0.2, -0.15) is 0 Å². The number of piperidine rings is 1. The van der Waals surface area contributed by atoms with E-state index < -0.39 is 0 Å². The van der Waals surface area contributed by atoms with Crippen LogP contribution in [0.15, 0.2) is 0 Å². The number of likely N-dealkylation sites (tertiary alicyclic amines) is 1. The summed E-state index contributed by atoms with van der Waals surface area (Å²) in [6, 6.07) is 0.366. The highest BCUT2D eigenvalue weighted by molar-refractivity contribution is 5.83. The molecule has 18 heavy (non-hydrogen) atoms. The molecule has 1 spiro atoms. The summed E-state index contributed by atoms with van der Waals surface area (Å²) in [5.74, 6) is 0.650. The van der Waals surface area contributed by atoms with E-state index in [4.69, 9.17) is 5.11 Å². The van der Waals surface area contributed by atoms with Crippen LogP contribution in [0.2, 0.25) is 0 Å². The number of nitrogens with one attached hydrogen (secondary N) is 1. The molecule has 0 aromatic carbocycles. The van der Waals surface area contributed by atoms with E-state index in [9.17, 15) is 4.79 Å². The summed E-state index contributed by atoms with van der Waals surface area (Å²) in [5.41, 5.74) is 0.446. The monoisotopic (exact) mass is 252 g/mol. The Bertz CT molecular complexity index is 320. The Labute approximate surface area is 109 Å². The third-order valence-electron chi connectivity index (χ3n) is 5.21. The number of nitrogens with zero attached hydrogens (tertiary/aromatic N) is 1. The Morgan fingerprint density at radius 3 is 2.56 bits per heavy atom. The van der Waals surface area contributed by atoms with Gasteiger partial charge >= 0.3 is 0 Å². The van der Waals surface area contributed by atoms with Gasteiger partial charge in [0.15, 0.2) is 0 Å². The average Bonchev–Trinajstić information content (AvgIpc) is 3.07. The lowest BCUT2D eigenvalue weighted by Crippen LogP contribution is -2.46. The van der Waals surface area contributed by atoms with Gasteiger partial charge in [0, 0.05) is 31.6 Å². The molecule has 3 fully saturated rings. The van der Waals surface area contributed by atoms with Crippen LogP contribution < -0.4 is 5.32 Å². The van der Waals surface area contributed by atoms with Gasteiger partial charge in [-0.3, -0.25) is 4.79 Å². The molecule has 1 atom stereocenters. The second-order valence-corrected chi connectivity index (χ2v) is 6.32. The van der Waals surface area contributed by atoms with Gasteiger partial charge in [-0.15, -0.1) is 0 Å². The van der Waals surface area contributed by atoms with Crippen molar-refractivity contribution in [3.8, 4) is 0 Å². The van der Waals surface area contributed by atoms with Crippen LogP contribution in [0.4, 0.5) is 0 Å². The number of rotatable bonds is 4. The van der Waals surface area contributed by atoms with E-state index in [1.54, 1.807) is 0 Å². The lowest BCUT2D eigenvalue weighted by Gasteiger charge is -2.32. The predicted octanol–water partition coefficient (Wildman–Crippen LogP) is 0.749. The van der Waals surface area contributed by atoms with E-state index in [1.807, 2.05) is 0 Å². The number of carbonyl (C=O) groups is 1. The Morgan fingerprint density at radius 2 is 2.06 bits per heavy atom. The molecule has 3 aliphatic rings. The fraction of sp³-hybridized carbons (Fsp3) is 0.929. The first kappa shape index (κ1) is 12.4. The molecule has 0 radical (unpaired) electrons. The molecule has 3 rings (SSSR count). The number of aliphatic hydroxyl groups excluding tert-OH is 1. The molecule has 0 aromatic rings. The third kappa shape index (κ3) is 2.28. The van der Waals surface area contributed by atoms with Crippen LogP contribution in [0.3, 0.4) is 0 Å². The predicted molar refractivity (Wildman–Crippen MR) is 69.1 cm³/mol. The maximum Gasteiger partial charge on any atom is 0.223 e. The van der Waals surface area contributed by atoms with Gasteiger partial charge in [-0.25, -0.2) is 0 Å². The summed E-state index contributed by atoms with van der Waals surface area (Å²) < 4.78 is 0. The first-order valence-corrected chi connectivity index (χ1v) is 7.37. The third-order valence-corrected chi connectivity index (χ3v) is 5.21. The maximum atomic E-state index is 12.1. The molecule has 0 aromatic heterocycles. The van der Waals surface area contributed by atoms with Crippen LogP contribution in [0.5, 0.6) is 0 Å². The molecule has 1 aliphatic heterocycles. The first-order valence-electron chi connectivity index (χ1n) is 7.37. The molecule has 102 valence electrons. The van der Waals surface area contributed by atoms with Gasteiger partial charge in [-0.1, -0.05) is 6.42 Å². The second kappa shape index (κ2) is 4.82. The van der Waals surface area contributed by atoms with Crippen molar-refractivity contribution < 1.29 is 9.90 Å².